The molecule has 2 fully saturated rings. The van der Waals surface area contributed by atoms with Crippen molar-refractivity contribution in [1.82, 2.24) is 4.90 Å². The topological polar surface area (TPSA) is 37.4 Å². The van der Waals surface area contributed by atoms with Gasteiger partial charge in [-0.1, -0.05) is 13.0 Å². The van der Waals surface area contributed by atoms with Gasteiger partial charge in [0.25, 0.3) is 5.91 Å². The second-order valence-electron chi connectivity index (χ2n) is 3.90. The normalized spacial score (nSPS) is 31.2. The fourth-order valence-electron chi connectivity index (χ4n) is 2.25. The zero-order chi connectivity index (χ0) is 9.59. The standard InChI is InChI=1S/C10H13NO2/c1-6(2)9(12)11-8-5-3-4-7(8)10(11)13/h7-8H,1,3-5H2,2H3/t7-,8-/m1/s1. The molecular formula is C10H13NO2. The van der Waals surface area contributed by atoms with Crippen LogP contribution in [0.3, 0.4) is 0 Å². The van der Waals surface area contributed by atoms with Crippen molar-refractivity contribution in [3.63, 3.8) is 0 Å². The first kappa shape index (κ1) is 8.48. The highest BCUT2D eigenvalue weighted by Crippen LogP contribution is 2.40. The Morgan fingerprint density at radius 2 is 2.23 bits per heavy atom. The van der Waals surface area contributed by atoms with Crippen molar-refractivity contribution < 1.29 is 9.59 Å². The van der Waals surface area contributed by atoms with E-state index in [1.54, 1.807) is 6.92 Å². The molecule has 0 bridgehead atoms. The summed E-state index contributed by atoms with van der Waals surface area (Å²) in [5, 5.41) is 0. The molecule has 0 aromatic carbocycles. The van der Waals surface area contributed by atoms with Crippen LogP contribution in [-0.2, 0) is 9.59 Å². The van der Waals surface area contributed by atoms with Crippen LogP contribution in [0, 0.1) is 5.92 Å². The predicted molar refractivity (Wildman–Crippen MR) is 47.8 cm³/mol. The molecule has 2 atom stereocenters. The van der Waals surface area contributed by atoms with Crippen molar-refractivity contribution in [3.05, 3.63) is 12.2 Å². The highest BCUT2D eigenvalue weighted by Gasteiger charge is 2.52. The molecule has 1 aliphatic carbocycles. The van der Waals surface area contributed by atoms with Crippen molar-refractivity contribution in [3.8, 4) is 0 Å². The zero-order valence-electron chi connectivity index (χ0n) is 7.75. The second-order valence-corrected chi connectivity index (χ2v) is 3.90. The lowest BCUT2D eigenvalue weighted by Crippen LogP contribution is -2.60. The largest absolute Gasteiger partial charge is 0.275 e. The van der Waals surface area contributed by atoms with Gasteiger partial charge in [-0.15, -0.1) is 0 Å². The molecular weight excluding hydrogens is 166 g/mol. The molecule has 1 aliphatic heterocycles. The van der Waals surface area contributed by atoms with Crippen LogP contribution in [0.2, 0.25) is 0 Å². The van der Waals surface area contributed by atoms with Crippen molar-refractivity contribution in [2.75, 3.05) is 0 Å². The van der Waals surface area contributed by atoms with Crippen molar-refractivity contribution in [1.29, 1.82) is 0 Å². The minimum atomic E-state index is -0.187. The van der Waals surface area contributed by atoms with Gasteiger partial charge in [-0.2, -0.15) is 0 Å². The van der Waals surface area contributed by atoms with E-state index in [0.717, 1.165) is 19.3 Å². The summed E-state index contributed by atoms with van der Waals surface area (Å²) in [5.41, 5.74) is 0.457. The lowest BCUT2D eigenvalue weighted by atomic mass is 9.90. The fraction of sp³-hybridized carbons (Fsp3) is 0.600. The summed E-state index contributed by atoms with van der Waals surface area (Å²) in [6, 6.07) is 0.191. The number of imide groups is 1. The Morgan fingerprint density at radius 3 is 2.85 bits per heavy atom. The van der Waals surface area contributed by atoms with Crippen LogP contribution < -0.4 is 0 Å². The number of hydrogen-bond acceptors (Lipinski definition) is 2. The number of rotatable bonds is 1. The van der Waals surface area contributed by atoms with Crippen LogP contribution in [0.1, 0.15) is 26.2 Å². The van der Waals surface area contributed by atoms with Gasteiger partial charge in [0.15, 0.2) is 0 Å². The monoisotopic (exact) mass is 179 g/mol. The van der Waals surface area contributed by atoms with Crippen molar-refractivity contribution >= 4 is 11.8 Å². The van der Waals surface area contributed by atoms with Crippen LogP contribution in [0.5, 0.6) is 0 Å². The molecule has 0 N–H and O–H groups in total. The molecule has 0 aromatic heterocycles. The van der Waals surface area contributed by atoms with Crippen LogP contribution in [0.15, 0.2) is 12.2 Å². The molecule has 0 unspecified atom stereocenters. The first-order valence-corrected chi connectivity index (χ1v) is 4.66. The van der Waals surface area contributed by atoms with E-state index in [2.05, 4.69) is 6.58 Å². The molecule has 3 heteroatoms. The Bertz CT molecular complexity index is 295. The summed E-state index contributed by atoms with van der Waals surface area (Å²) in [5.74, 6) is -0.0352. The highest BCUT2D eigenvalue weighted by molar-refractivity contribution is 6.08. The zero-order valence-corrected chi connectivity index (χ0v) is 7.75. The van der Waals surface area contributed by atoms with Gasteiger partial charge in [0.2, 0.25) is 5.91 Å². The molecule has 13 heavy (non-hydrogen) atoms. The summed E-state index contributed by atoms with van der Waals surface area (Å²) in [6.45, 7) is 5.21. The lowest BCUT2D eigenvalue weighted by molar-refractivity contribution is -0.162. The van der Waals surface area contributed by atoms with Crippen molar-refractivity contribution in [2.45, 2.75) is 32.2 Å². The van der Waals surface area contributed by atoms with Gasteiger partial charge >= 0.3 is 0 Å². The number of fused-ring (bicyclic) bond motifs is 1. The molecule has 0 aromatic rings. The Balaban J connectivity index is 2.14. The average Bonchev–Trinajstić information content (AvgIpc) is 2.48. The van der Waals surface area contributed by atoms with E-state index in [1.807, 2.05) is 0 Å². The number of likely N-dealkylation sites (tertiary alicyclic amines) is 1. The van der Waals surface area contributed by atoms with Gasteiger partial charge in [0.05, 0.1) is 12.0 Å². The van der Waals surface area contributed by atoms with Gasteiger partial charge in [0, 0.05) is 5.57 Å². The number of amides is 2. The number of β-lactam (4-membered cyclic amide) rings is 1. The Labute approximate surface area is 77.4 Å². The molecule has 3 nitrogen and oxygen atoms in total. The molecule has 0 radical (unpaired) electrons. The van der Waals surface area contributed by atoms with E-state index < -0.39 is 0 Å². The minimum absolute atomic E-state index is 0.00972. The molecule has 1 heterocycles. The van der Waals surface area contributed by atoms with E-state index in [-0.39, 0.29) is 23.8 Å². The van der Waals surface area contributed by atoms with Gasteiger partial charge in [-0.3, -0.25) is 14.5 Å². The maximum absolute atomic E-state index is 11.5. The maximum atomic E-state index is 11.5. The molecule has 1 saturated carbocycles. The molecule has 2 rings (SSSR count). The Kier molecular flexibility index (Phi) is 1.75. The summed E-state index contributed by atoms with van der Waals surface area (Å²) in [6.07, 6.45) is 3.01. The van der Waals surface area contributed by atoms with Gasteiger partial charge in [0.1, 0.15) is 0 Å². The Hall–Kier alpha value is -1.12. The van der Waals surface area contributed by atoms with E-state index in [0.29, 0.717) is 5.57 Å². The van der Waals surface area contributed by atoms with Crippen LogP contribution >= 0.6 is 0 Å². The number of hydrogen-bond donors (Lipinski definition) is 0. The summed E-state index contributed by atoms with van der Waals surface area (Å²) < 4.78 is 0. The number of carbonyl (C=O) groups is 2. The molecule has 2 amide bonds. The minimum Gasteiger partial charge on any atom is -0.275 e. The molecule has 70 valence electrons. The first-order valence-electron chi connectivity index (χ1n) is 4.66. The van der Waals surface area contributed by atoms with Crippen LogP contribution in [0.25, 0.3) is 0 Å². The third-order valence-corrected chi connectivity index (χ3v) is 2.95. The molecule has 1 saturated heterocycles. The lowest BCUT2D eigenvalue weighted by Gasteiger charge is -2.41. The van der Waals surface area contributed by atoms with E-state index >= 15 is 0 Å². The quantitative estimate of drug-likeness (QED) is 0.446. The van der Waals surface area contributed by atoms with Gasteiger partial charge in [-0.05, 0) is 19.8 Å². The first-order chi connectivity index (χ1) is 6.13. The third-order valence-electron chi connectivity index (χ3n) is 2.95. The van der Waals surface area contributed by atoms with Crippen molar-refractivity contribution in [2.24, 2.45) is 5.92 Å². The summed E-state index contributed by atoms with van der Waals surface area (Å²) in [7, 11) is 0. The van der Waals surface area contributed by atoms with E-state index in [1.165, 1.54) is 4.90 Å². The van der Waals surface area contributed by atoms with Gasteiger partial charge in [-0.25, -0.2) is 0 Å². The van der Waals surface area contributed by atoms with Crippen LogP contribution in [-0.4, -0.2) is 22.8 Å². The summed E-state index contributed by atoms with van der Waals surface area (Å²) in [4.78, 5) is 24.3. The highest BCUT2D eigenvalue weighted by atomic mass is 16.2. The second kappa shape index (κ2) is 2.69. The van der Waals surface area contributed by atoms with Crippen LogP contribution in [0.4, 0.5) is 0 Å². The molecule has 2 aliphatic rings. The smallest absolute Gasteiger partial charge is 0.255 e. The number of nitrogens with zero attached hydrogens (tertiary/aromatic N) is 1. The fourth-order valence-corrected chi connectivity index (χ4v) is 2.25. The van der Waals surface area contributed by atoms with E-state index in [9.17, 15) is 9.59 Å². The molecule has 0 spiro atoms. The SMILES string of the molecule is C=C(C)C(=O)N1C(=O)[C@@H]2CCC[C@H]21. The Morgan fingerprint density at radius 1 is 1.54 bits per heavy atom. The van der Waals surface area contributed by atoms with E-state index in [4.69, 9.17) is 0 Å². The number of carbonyl (C=O) groups excluding carboxylic acids is 2. The third kappa shape index (κ3) is 1.03. The van der Waals surface area contributed by atoms with Gasteiger partial charge < -0.3 is 0 Å². The average molecular weight is 179 g/mol. The predicted octanol–water partition coefficient (Wildman–Crippen LogP) is 1.10. The maximum Gasteiger partial charge on any atom is 0.255 e. The summed E-state index contributed by atoms with van der Waals surface area (Å²) >= 11 is 0.